The van der Waals surface area contributed by atoms with E-state index in [1.807, 2.05) is 24.3 Å². The Kier molecular flexibility index (Phi) is 4.56. The lowest BCUT2D eigenvalue weighted by molar-refractivity contribution is -0.157. The van der Waals surface area contributed by atoms with Gasteiger partial charge in [0.25, 0.3) is 0 Å². The highest BCUT2D eigenvalue weighted by Crippen LogP contribution is 2.63. The van der Waals surface area contributed by atoms with Gasteiger partial charge >= 0.3 is 11.9 Å². The zero-order valence-corrected chi connectivity index (χ0v) is 17.6. The highest BCUT2D eigenvalue weighted by molar-refractivity contribution is 6.16. The van der Waals surface area contributed by atoms with E-state index in [1.165, 1.54) is 13.5 Å². The molecule has 4 rings (SSSR count). The van der Waals surface area contributed by atoms with Crippen molar-refractivity contribution in [1.29, 1.82) is 0 Å². The molecule has 2 aromatic carbocycles. The van der Waals surface area contributed by atoms with Crippen molar-refractivity contribution in [3.05, 3.63) is 54.1 Å². The topological polar surface area (TPSA) is 52.6 Å². The number of carbonyl (C=O) groups excluding carboxylic acids is 2. The second kappa shape index (κ2) is 6.72. The molecular weight excluding hydrogens is 364 g/mol. The van der Waals surface area contributed by atoms with Gasteiger partial charge in [0, 0.05) is 10.8 Å². The summed E-state index contributed by atoms with van der Waals surface area (Å²) in [4.78, 5) is 24.7. The van der Waals surface area contributed by atoms with Gasteiger partial charge in [0.05, 0.1) is 18.2 Å². The molecule has 0 N–H and O–H groups in total. The number of rotatable bonds is 4. The Labute approximate surface area is 171 Å². The van der Waals surface area contributed by atoms with Crippen LogP contribution >= 0.6 is 0 Å². The highest BCUT2D eigenvalue weighted by Gasteiger charge is 2.61. The number of hydrogen-bond acceptors (Lipinski definition) is 4. The summed E-state index contributed by atoms with van der Waals surface area (Å²) in [6.45, 7) is 10.7. The molecule has 0 saturated heterocycles. The van der Waals surface area contributed by atoms with Gasteiger partial charge in [-0.05, 0) is 59.7 Å². The van der Waals surface area contributed by atoms with E-state index < -0.39 is 0 Å². The number of benzene rings is 2. The van der Waals surface area contributed by atoms with Gasteiger partial charge in [-0.25, -0.2) is 9.59 Å². The molecule has 29 heavy (non-hydrogen) atoms. The number of methoxy groups -OCH3 is 1. The maximum absolute atomic E-state index is 12.9. The molecule has 0 aliphatic heterocycles. The smallest absolute Gasteiger partial charge is 0.338 e. The van der Waals surface area contributed by atoms with Crippen LogP contribution in [-0.4, -0.2) is 25.2 Å². The van der Waals surface area contributed by atoms with Gasteiger partial charge in [-0.3, -0.25) is 0 Å². The van der Waals surface area contributed by atoms with E-state index in [0.29, 0.717) is 17.1 Å². The number of carbonyl (C=O) groups is 2. The first-order chi connectivity index (χ1) is 13.7. The van der Waals surface area contributed by atoms with Crippen molar-refractivity contribution < 1.29 is 19.1 Å². The molecule has 2 aromatic rings. The summed E-state index contributed by atoms with van der Waals surface area (Å²) >= 11 is 0. The molecule has 2 aliphatic rings. The Hall–Kier alpha value is -2.62. The van der Waals surface area contributed by atoms with Crippen molar-refractivity contribution in [1.82, 2.24) is 0 Å². The van der Waals surface area contributed by atoms with Crippen LogP contribution in [0.5, 0.6) is 0 Å². The molecule has 0 amide bonds. The molecule has 2 saturated carbocycles. The fourth-order valence-corrected chi connectivity index (χ4v) is 5.52. The van der Waals surface area contributed by atoms with Crippen LogP contribution in [0.25, 0.3) is 16.3 Å². The van der Waals surface area contributed by atoms with Crippen LogP contribution in [0.1, 0.15) is 56.0 Å². The van der Waals surface area contributed by atoms with Crippen LogP contribution in [0, 0.1) is 16.7 Å². The molecule has 2 fully saturated rings. The lowest BCUT2D eigenvalue weighted by atomic mass is 9.70. The number of fused-ring (bicyclic) bond motifs is 3. The molecule has 0 spiro atoms. The maximum Gasteiger partial charge on any atom is 0.338 e. The molecule has 0 unspecified atom stereocenters. The summed E-state index contributed by atoms with van der Waals surface area (Å²) in [7, 11) is 1.36. The Bertz CT molecular complexity index is 1010. The molecule has 152 valence electrons. The summed E-state index contributed by atoms with van der Waals surface area (Å²) in [6.07, 6.45) is 3.38. The summed E-state index contributed by atoms with van der Waals surface area (Å²) in [6, 6.07) is 11.0. The van der Waals surface area contributed by atoms with Gasteiger partial charge in [0.15, 0.2) is 0 Å². The minimum Gasteiger partial charge on any atom is -0.465 e. The molecule has 3 atom stereocenters. The fraction of sp³-hybridized carbons (Fsp3) is 0.440. The van der Waals surface area contributed by atoms with E-state index in [1.54, 1.807) is 12.1 Å². The third-order valence-electron chi connectivity index (χ3n) is 7.22. The average molecular weight is 392 g/mol. The molecule has 0 aromatic heterocycles. The average Bonchev–Trinajstić information content (AvgIpc) is 3.20. The summed E-state index contributed by atoms with van der Waals surface area (Å²) in [5.74, 6) is -0.100. The molecule has 0 radical (unpaired) electrons. The van der Waals surface area contributed by atoms with Crippen molar-refractivity contribution in [3.63, 3.8) is 0 Å². The molecular formula is C25H28O4. The van der Waals surface area contributed by atoms with Crippen molar-refractivity contribution in [2.75, 3.05) is 7.11 Å². The summed E-state index contributed by atoms with van der Waals surface area (Å²) in [5.41, 5.74) is 1.66. The lowest BCUT2D eigenvalue weighted by Crippen LogP contribution is -2.43. The van der Waals surface area contributed by atoms with E-state index in [0.717, 1.165) is 29.2 Å². The first-order valence-corrected chi connectivity index (χ1v) is 10.2. The first-order valence-electron chi connectivity index (χ1n) is 10.2. The predicted octanol–water partition coefficient (Wildman–Crippen LogP) is 5.40. The maximum atomic E-state index is 12.9. The number of ether oxygens (including phenoxy) is 2. The van der Waals surface area contributed by atoms with Gasteiger partial charge in [-0.15, -0.1) is 0 Å². The number of hydrogen-bond donors (Lipinski definition) is 0. The SMILES string of the molecule is C=C(C(=O)O[C@H]1C(C)(C)[C@H]2CC[C@]1(C)C2)c1ccc2cc(C(=O)OC)ccc2c1. The van der Waals surface area contributed by atoms with Gasteiger partial charge < -0.3 is 9.47 Å². The molecule has 2 aliphatic carbocycles. The van der Waals surface area contributed by atoms with Gasteiger partial charge in [0.2, 0.25) is 0 Å². The fourth-order valence-electron chi connectivity index (χ4n) is 5.52. The highest BCUT2D eigenvalue weighted by atomic mass is 16.5. The molecule has 2 bridgehead atoms. The largest absolute Gasteiger partial charge is 0.465 e. The second-order valence-corrected chi connectivity index (χ2v) is 9.45. The Morgan fingerprint density at radius 2 is 1.66 bits per heavy atom. The van der Waals surface area contributed by atoms with E-state index in [2.05, 4.69) is 27.4 Å². The van der Waals surface area contributed by atoms with Crippen molar-refractivity contribution in [2.24, 2.45) is 16.7 Å². The van der Waals surface area contributed by atoms with Crippen LogP contribution in [0.15, 0.2) is 43.0 Å². The van der Waals surface area contributed by atoms with Crippen molar-refractivity contribution >= 4 is 28.3 Å². The number of esters is 2. The molecule has 0 heterocycles. The predicted molar refractivity (Wildman–Crippen MR) is 113 cm³/mol. The van der Waals surface area contributed by atoms with E-state index in [-0.39, 0.29) is 28.9 Å². The van der Waals surface area contributed by atoms with Crippen LogP contribution in [0.4, 0.5) is 0 Å². The third-order valence-corrected chi connectivity index (χ3v) is 7.22. The Morgan fingerprint density at radius 1 is 1.03 bits per heavy atom. The Morgan fingerprint density at radius 3 is 2.24 bits per heavy atom. The standard InChI is InChI=1S/C25H28O4/c1-15(21(26)29-23-24(2,3)20-10-11-25(23,4)14-20)16-6-7-18-13-19(22(27)28-5)9-8-17(18)12-16/h6-9,12-13,20,23H,1,10-11,14H2,2-5H3/t20-,23-,25+/m0/s1. The molecule has 4 heteroatoms. The zero-order valence-electron chi connectivity index (χ0n) is 17.6. The second-order valence-electron chi connectivity index (χ2n) is 9.45. The summed E-state index contributed by atoms with van der Waals surface area (Å²) < 4.78 is 10.8. The van der Waals surface area contributed by atoms with Crippen LogP contribution < -0.4 is 0 Å². The third kappa shape index (κ3) is 3.15. The normalized spacial score (nSPS) is 27.0. The van der Waals surface area contributed by atoms with E-state index in [9.17, 15) is 9.59 Å². The van der Waals surface area contributed by atoms with Gasteiger partial charge in [0.1, 0.15) is 6.10 Å². The van der Waals surface area contributed by atoms with Crippen molar-refractivity contribution in [3.8, 4) is 0 Å². The first kappa shape index (κ1) is 19.7. The monoisotopic (exact) mass is 392 g/mol. The van der Waals surface area contributed by atoms with Crippen molar-refractivity contribution in [2.45, 2.75) is 46.1 Å². The van der Waals surface area contributed by atoms with Crippen LogP contribution in [-0.2, 0) is 14.3 Å². The lowest BCUT2D eigenvalue weighted by Gasteiger charge is -2.41. The zero-order chi connectivity index (χ0) is 21.0. The minimum absolute atomic E-state index is 0.00336. The van der Waals surface area contributed by atoms with Crippen LogP contribution in [0.2, 0.25) is 0 Å². The van der Waals surface area contributed by atoms with Gasteiger partial charge in [-0.2, -0.15) is 0 Å². The molecule has 4 nitrogen and oxygen atoms in total. The quantitative estimate of drug-likeness (QED) is 0.516. The van der Waals surface area contributed by atoms with E-state index >= 15 is 0 Å². The summed E-state index contributed by atoms with van der Waals surface area (Å²) in [5, 5.41) is 1.83. The van der Waals surface area contributed by atoms with Gasteiger partial charge in [-0.1, -0.05) is 45.5 Å². The van der Waals surface area contributed by atoms with Crippen LogP contribution in [0.3, 0.4) is 0 Å². The minimum atomic E-state index is -0.370. The van der Waals surface area contributed by atoms with E-state index in [4.69, 9.17) is 9.47 Å². The Balaban J connectivity index is 1.55.